The fourth-order valence-electron chi connectivity index (χ4n) is 0.731. The number of hydrogen-bond acceptors (Lipinski definition) is 4. The van der Waals surface area contributed by atoms with Crippen molar-refractivity contribution in [2.45, 2.75) is 18.9 Å². The molecule has 0 saturated heterocycles. The van der Waals surface area contributed by atoms with Crippen LogP contribution in [-0.2, 0) is 19.2 Å². The van der Waals surface area contributed by atoms with E-state index in [4.69, 9.17) is 10.2 Å². The average molecular weight is 203 g/mol. The maximum atomic E-state index is 10.5. The molecule has 0 aromatic carbocycles. The zero-order valence-electron chi connectivity index (χ0n) is 7.10. The Morgan fingerprint density at radius 1 is 1.29 bits per heavy atom. The van der Waals surface area contributed by atoms with E-state index in [0.29, 0.717) is 0 Å². The second-order valence-electron chi connectivity index (χ2n) is 2.45. The predicted octanol–water partition coefficient (Wildman–Crippen LogP) is -1.38. The Labute approximate surface area is 78.7 Å². The molecule has 0 aromatic rings. The number of carbonyl (C=O) groups excluding carboxylic acids is 2. The van der Waals surface area contributed by atoms with Crippen molar-refractivity contribution in [1.82, 2.24) is 5.32 Å². The lowest BCUT2D eigenvalue weighted by molar-refractivity contribution is -0.143. The van der Waals surface area contributed by atoms with Gasteiger partial charge in [-0.25, -0.2) is 4.79 Å². The highest BCUT2D eigenvalue weighted by Gasteiger charge is 2.20. The van der Waals surface area contributed by atoms with Crippen LogP contribution >= 0.6 is 0 Å². The number of rotatable bonds is 6. The van der Waals surface area contributed by atoms with Gasteiger partial charge in [-0.05, 0) is 6.42 Å². The van der Waals surface area contributed by atoms with Gasteiger partial charge < -0.3 is 15.5 Å². The molecule has 0 bridgehead atoms. The van der Waals surface area contributed by atoms with Crippen molar-refractivity contribution in [3.05, 3.63) is 0 Å². The predicted molar refractivity (Wildman–Crippen MR) is 42.5 cm³/mol. The molecule has 0 saturated carbocycles. The van der Waals surface area contributed by atoms with Crippen molar-refractivity contribution in [3.8, 4) is 0 Å². The first kappa shape index (κ1) is 12.1. The van der Waals surface area contributed by atoms with Gasteiger partial charge in [-0.1, -0.05) is 0 Å². The number of hydrogen-bond donors (Lipinski definition) is 3. The first-order valence-corrected chi connectivity index (χ1v) is 3.67. The standard InChI is InChI=1S/C7H9NO6/c9-3-5(10)8-4(7(13)14)1-2-6(11)12/h3-4H,1-2H2,(H,8,10)(H,11,12)(H,13,14)/t4-/m0/s1. The Morgan fingerprint density at radius 3 is 2.21 bits per heavy atom. The first-order chi connectivity index (χ1) is 6.47. The summed E-state index contributed by atoms with van der Waals surface area (Å²) in [6, 6.07) is -1.34. The van der Waals surface area contributed by atoms with Crippen LogP contribution in [0.5, 0.6) is 0 Å². The van der Waals surface area contributed by atoms with Crippen LogP contribution in [0.3, 0.4) is 0 Å². The number of amides is 1. The fraction of sp³-hybridized carbons (Fsp3) is 0.429. The summed E-state index contributed by atoms with van der Waals surface area (Å²) >= 11 is 0. The Kier molecular flexibility index (Phi) is 4.90. The Hall–Kier alpha value is -1.92. The van der Waals surface area contributed by atoms with Gasteiger partial charge in [0.15, 0.2) is 0 Å². The first-order valence-electron chi connectivity index (χ1n) is 3.67. The number of carboxylic acids is 2. The molecule has 0 heterocycles. The van der Waals surface area contributed by atoms with E-state index >= 15 is 0 Å². The van der Waals surface area contributed by atoms with Crippen LogP contribution < -0.4 is 5.32 Å². The lowest BCUT2D eigenvalue weighted by atomic mass is 10.1. The van der Waals surface area contributed by atoms with Gasteiger partial charge in [0.05, 0.1) is 0 Å². The highest BCUT2D eigenvalue weighted by atomic mass is 16.4. The molecule has 0 fully saturated rings. The monoisotopic (exact) mass is 203 g/mol. The molecule has 78 valence electrons. The van der Waals surface area contributed by atoms with Gasteiger partial charge in [0.1, 0.15) is 6.04 Å². The third-order valence-electron chi connectivity index (χ3n) is 1.37. The van der Waals surface area contributed by atoms with E-state index in [1.807, 2.05) is 5.32 Å². The van der Waals surface area contributed by atoms with E-state index < -0.39 is 30.3 Å². The minimum Gasteiger partial charge on any atom is -0.481 e. The molecule has 0 aliphatic rings. The molecule has 0 aliphatic carbocycles. The summed E-state index contributed by atoms with van der Waals surface area (Å²) in [4.78, 5) is 40.9. The third-order valence-corrected chi connectivity index (χ3v) is 1.37. The van der Waals surface area contributed by atoms with Gasteiger partial charge in [0, 0.05) is 6.42 Å². The molecule has 7 nitrogen and oxygen atoms in total. The summed E-state index contributed by atoms with van der Waals surface area (Å²) < 4.78 is 0. The van der Waals surface area contributed by atoms with Crippen molar-refractivity contribution < 1.29 is 29.4 Å². The summed E-state index contributed by atoms with van der Waals surface area (Å²) in [5.41, 5.74) is 0. The summed E-state index contributed by atoms with van der Waals surface area (Å²) in [7, 11) is 0. The maximum Gasteiger partial charge on any atom is 0.326 e. The van der Waals surface area contributed by atoms with Crippen LogP contribution in [-0.4, -0.2) is 40.4 Å². The number of aldehydes is 1. The third kappa shape index (κ3) is 4.86. The molecule has 0 rings (SSSR count). The van der Waals surface area contributed by atoms with E-state index in [2.05, 4.69) is 0 Å². The van der Waals surface area contributed by atoms with Crippen molar-refractivity contribution in [2.24, 2.45) is 0 Å². The second kappa shape index (κ2) is 5.68. The van der Waals surface area contributed by atoms with Crippen molar-refractivity contribution >= 4 is 24.1 Å². The van der Waals surface area contributed by atoms with Crippen LogP contribution in [0.2, 0.25) is 0 Å². The molecular weight excluding hydrogens is 194 g/mol. The van der Waals surface area contributed by atoms with Crippen molar-refractivity contribution in [1.29, 1.82) is 0 Å². The van der Waals surface area contributed by atoms with Crippen LogP contribution in [0, 0.1) is 0 Å². The molecule has 0 unspecified atom stereocenters. The maximum absolute atomic E-state index is 10.5. The molecule has 0 aliphatic heterocycles. The van der Waals surface area contributed by atoms with Gasteiger partial charge in [-0.2, -0.15) is 0 Å². The van der Waals surface area contributed by atoms with Crippen LogP contribution in [0.15, 0.2) is 0 Å². The smallest absolute Gasteiger partial charge is 0.326 e. The summed E-state index contributed by atoms with van der Waals surface area (Å²) in [5, 5.41) is 18.6. The molecule has 0 aromatic heterocycles. The molecule has 3 N–H and O–H groups in total. The summed E-state index contributed by atoms with van der Waals surface area (Å²) in [6.45, 7) is 0. The molecule has 1 atom stereocenters. The molecule has 1 amide bonds. The Morgan fingerprint density at radius 2 is 1.86 bits per heavy atom. The van der Waals surface area contributed by atoms with Gasteiger partial charge in [-0.3, -0.25) is 14.4 Å². The summed E-state index contributed by atoms with van der Waals surface area (Å²) in [5.74, 6) is -3.62. The quantitative estimate of drug-likeness (QED) is 0.361. The summed E-state index contributed by atoms with van der Waals surface area (Å²) in [6.07, 6.45) is -0.725. The van der Waals surface area contributed by atoms with Gasteiger partial charge >= 0.3 is 11.9 Å². The molecule has 14 heavy (non-hydrogen) atoms. The SMILES string of the molecule is O=CC(=O)N[C@@H](CCC(=O)O)C(=O)O. The van der Waals surface area contributed by atoms with Gasteiger partial charge in [0.2, 0.25) is 6.29 Å². The number of carboxylic acid groups (broad SMARTS) is 2. The van der Waals surface area contributed by atoms with Crippen LogP contribution in [0.1, 0.15) is 12.8 Å². The van der Waals surface area contributed by atoms with E-state index in [0.717, 1.165) is 0 Å². The zero-order chi connectivity index (χ0) is 11.1. The minimum absolute atomic E-state index is 0.0727. The topological polar surface area (TPSA) is 121 Å². The van der Waals surface area contributed by atoms with Gasteiger partial charge in [-0.15, -0.1) is 0 Å². The van der Waals surface area contributed by atoms with E-state index in [-0.39, 0.29) is 12.7 Å². The highest BCUT2D eigenvalue weighted by Crippen LogP contribution is 1.97. The Balaban J connectivity index is 4.15. The van der Waals surface area contributed by atoms with E-state index in [1.54, 1.807) is 0 Å². The number of aliphatic carboxylic acids is 2. The molecule has 7 heteroatoms. The fourth-order valence-corrected chi connectivity index (χ4v) is 0.731. The lowest BCUT2D eigenvalue weighted by Gasteiger charge is -2.10. The number of carbonyl (C=O) groups is 4. The van der Waals surface area contributed by atoms with Crippen molar-refractivity contribution in [2.75, 3.05) is 0 Å². The normalized spacial score (nSPS) is 11.4. The average Bonchev–Trinajstić information content (AvgIpc) is 2.10. The van der Waals surface area contributed by atoms with E-state index in [9.17, 15) is 19.2 Å². The zero-order valence-corrected chi connectivity index (χ0v) is 7.10. The highest BCUT2D eigenvalue weighted by molar-refractivity contribution is 6.24. The Bertz CT molecular complexity index is 261. The largest absolute Gasteiger partial charge is 0.481 e. The molecule has 0 radical (unpaired) electrons. The molecular formula is C7H9NO6. The van der Waals surface area contributed by atoms with Crippen molar-refractivity contribution in [3.63, 3.8) is 0 Å². The van der Waals surface area contributed by atoms with E-state index in [1.165, 1.54) is 0 Å². The lowest BCUT2D eigenvalue weighted by Crippen LogP contribution is -2.41. The number of nitrogens with one attached hydrogen (secondary N) is 1. The van der Waals surface area contributed by atoms with Crippen LogP contribution in [0.25, 0.3) is 0 Å². The van der Waals surface area contributed by atoms with Gasteiger partial charge in [0.25, 0.3) is 5.91 Å². The minimum atomic E-state index is -1.37. The molecule has 0 spiro atoms. The van der Waals surface area contributed by atoms with Crippen LogP contribution in [0.4, 0.5) is 0 Å². The second-order valence-corrected chi connectivity index (χ2v) is 2.45.